The summed E-state index contributed by atoms with van der Waals surface area (Å²) in [5.41, 5.74) is 0.588. The lowest BCUT2D eigenvalue weighted by molar-refractivity contribution is 0.0435. The molecule has 0 amide bonds. The van der Waals surface area contributed by atoms with Crippen molar-refractivity contribution in [3.05, 3.63) is 60.0 Å². The lowest BCUT2D eigenvalue weighted by Crippen LogP contribution is -2.06. The lowest BCUT2D eigenvalue weighted by Gasteiger charge is -2.12. The number of methoxy groups -OCH3 is 3. The maximum absolute atomic E-state index is 12.5. The number of esters is 1. The topological polar surface area (TPSA) is 113 Å². The zero-order valence-corrected chi connectivity index (χ0v) is 17.6. The van der Waals surface area contributed by atoms with Crippen molar-refractivity contribution in [2.45, 2.75) is 6.61 Å². The Morgan fingerprint density at radius 3 is 2.22 bits per heavy atom. The molecule has 1 N–H and O–H groups in total. The van der Waals surface area contributed by atoms with Gasteiger partial charge in [0.05, 0.1) is 21.3 Å². The fourth-order valence-corrected chi connectivity index (χ4v) is 3.23. The van der Waals surface area contributed by atoms with Gasteiger partial charge < -0.3 is 28.5 Å². The molecule has 3 aromatic carbocycles. The quantitative estimate of drug-likeness (QED) is 0.430. The van der Waals surface area contributed by atoms with Crippen molar-refractivity contribution >= 4 is 16.7 Å². The summed E-state index contributed by atoms with van der Waals surface area (Å²) in [4.78, 5) is 12.5. The summed E-state index contributed by atoms with van der Waals surface area (Å²) in [5, 5.41) is 19.7. The molecule has 0 atom stereocenters. The normalized spacial score (nSPS) is 10.7. The molecule has 0 unspecified atom stereocenters. The number of hydrogen-bond donors (Lipinski definition) is 1. The van der Waals surface area contributed by atoms with Crippen LogP contribution in [0.5, 0.6) is 23.0 Å². The van der Waals surface area contributed by atoms with Gasteiger partial charge >= 0.3 is 5.97 Å². The second kappa shape index (κ2) is 8.84. The molecule has 0 aliphatic rings. The number of phenolic OH excluding ortho intramolecular Hbond substituents is 1. The standard InChI is InChI=1S/C23H20N2O7/c1-28-18-10-15(11-19(29-2)21(18)30-3)22-25-24-20(32-22)12-31-23(27)16-8-13-6-4-5-7-14(13)9-17(16)26/h4-11,26H,12H2,1-3H3. The predicted molar refractivity (Wildman–Crippen MR) is 114 cm³/mol. The molecule has 0 aliphatic heterocycles. The molecule has 0 spiro atoms. The number of carbonyl (C=O) groups excluding carboxylic acids is 1. The first-order valence-corrected chi connectivity index (χ1v) is 9.55. The number of hydrogen-bond acceptors (Lipinski definition) is 9. The molecule has 4 aromatic rings. The monoisotopic (exact) mass is 436 g/mol. The van der Waals surface area contributed by atoms with Crippen molar-refractivity contribution in [2.24, 2.45) is 0 Å². The third-order valence-corrected chi connectivity index (χ3v) is 4.79. The molecule has 0 aliphatic carbocycles. The number of aromatic nitrogens is 2. The van der Waals surface area contributed by atoms with E-state index in [0.29, 0.717) is 22.8 Å². The van der Waals surface area contributed by atoms with Crippen LogP contribution in [0.2, 0.25) is 0 Å². The van der Waals surface area contributed by atoms with Gasteiger partial charge in [0.2, 0.25) is 11.6 Å². The van der Waals surface area contributed by atoms with Gasteiger partial charge in [0, 0.05) is 5.56 Å². The summed E-state index contributed by atoms with van der Waals surface area (Å²) in [6, 6.07) is 13.8. The minimum Gasteiger partial charge on any atom is -0.507 e. The Balaban J connectivity index is 1.52. The largest absolute Gasteiger partial charge is 0.507 e. The van der Waals surface area contributed by atoms with Crippen LogP contribution >= 0.6 is 0 Å². The number of fused-ring (bicyclic) bond motifs is 1. The number of benzene rings is 3. The highest BCUT2D eigenvalue weighted by molar-refractivity contribution is 5.98. The van der Waals surface area contributed by atoms with E-state index in [1.165, 1.54) is 27.4 Å². The zero-order valence-electron chi connectivity index (χ0n) is 17.6. The van der Waals surface area contributed by atoms with Crippen LogP contribution in [0.1, 0.15) is 16.2 Å². The molecule has 0 radical (unpaired) electrons. The highest BCUT2D eigenvalue weighted by Gasteiger charge is 2.19. The van der Waals surface area contributed by atoms with Gasteiger partial charge in [-0.3, -0.25) is 0 Å². The Kier molecular flexibility index (Phi) is 5.80. The van der Waals surface area contributed by atoms with Gasteiger partial charge in [-0.15, -0.1) is 10.2 Å². The first kappa shape index (κ1) is 21.0. The van der Waals surface area contributed by atoms with Crippen molar-refractivity contribution in [1.29, 1.82) is 0 Å². The van der Waals surface area contributed by atoms with E-state index in [-0.39, 0.29) is 29.7 Å². The third-order valence-electron chi connectivity index (χ3n) is 4.79. The van der Waals surface area contributed by atoms with E-state index in [0.717, 1.165) is 10.8 Å². The van der Waals surface area contributed by atoms with E-state index in [1.807, 2.05) is 24.3 Å². The Morgan fingerprint density at radius 1 is 0.938 bits per heavy atom. The van der Waals surface area contributed by atoms with Gasteiger partial charge in [-0.05, 0) is 35.0 Å². The molecule has 9 heteroatoms. The molecule has 164 valence electrons. The molecular formula is C23H20N2O7. The highest BCUT2D eigenvalue weighted by atomic mass is 16.5. The van der Waals surface area contributed by atoms with E-state index in [4.69, 9.17) is 23.4 Å². The fourth-order valence-electron chi connectivity index (χ4n) is 3.23. The van der Waals surface area contributed by atoms with Crippen molar-refractivity contribution in [2.75, 3.05) is 21.3 Å². The second-order valence-electron chi connectivity index (χ2n) is 6.71. The van der Waals surface area contributed by atoms with Gasteiger partial charge in [-0.25, -0.2) is 4.79 Å². The van der Waals surface area contributed by atoms with Crippen LogP contribution in [0.25, 0.3) is 22.2 Å². The smallest absolute Gasteiger partial charge is 0.342 e. The summed E-state index contributed by atoms with van der Waals surface area (Å²) < 4.78 is 26.8. The first-order valence-electron chi connectivity index (χ1n) is 9.55. The van der Waals surface area contributed by atoms with Crippen molar-refractivity contribution < 1.29 is 33.3 Å². The second-order valence-corrected chi connectivity index (χ2v) is 6.71. The van der Waals surface area contributed by atoms with E-state index in [2.05, 4.69) is 10.2 Å². The SMILES string of the molecule is COc1cc(-c2nnc(COC(=O)c3cc4ccccc4cc3O)o2)cc(OC)c1OC. The van der Waals surface area contributed by atoms with E-state index in [9.17, 15) is 9.90 Å². The molecule has 1 aromatic heterocycles. The Hall–Kier alpha value is -4.27. The van der Waals surface area contributed by atoms with E-state index >= 15 is 0 Å². The van der Waals surface area contributed by atoms with Gasteiger partial charge in [0.25, 0.3) is 5.89 Å². The van der Waals surface area contributed by atoms with Gasteiger partial charge in [0.15, 0.2) is 18.1 Å². The maximum Gasteiger partial charge on any atom is 0.342 e. The highest BCUT2D eigenvalue weighted by Crippen LogP contribution is 2.40. The molecule has 0 saturated heterocycles. The van der Waals surface area contributed by atoms with Crippen LogP contribution in [0, 0.1) is 0 Å². The first-order chi connectivity index (χ1) is 15.5. The van der Waals surface area contributed by atoms with Crippen LogP contribution in [0.3, 0.4) is 0 Å². The third kappa shape index (κ3) is 4.00. The van der Waals surface area contributed by atoms with Crippen LogP contribution in [-0.4, -0.2) is 42.6 Å². The Labute approximate surface area is 183 Å². The van der Waals surface area contributed by atoms with Gasteiger partial charge in [-0.2, -0.15) is 0 Å². The number of carbonyl (C=O) groups is 1. The minimum atomic E-state index is -0.708. The van der Waals surface area contributed by atoms with Crippen LogP contribution in [0.15, 0.2) is 52.9 Å². The molecule has 9 nitrogen and oxygen atoms in total. The van der Waals surface area contributed by atoms with Crippen molar-refractivity contribution in [3.63, 3.8) is 0 Å². The molecule has 1 heterocycles. The molecule has 0 saturated carbocycles. The molecular weight excluding hydrogens is 416 g/mol. The Bertz CT molecular complexity index is 1260. The van der Waals surface area contributed by atoms with Crippen molar-refractivity contribution in [3.8, 4) is 34.5 Å². The lowest BCUT2D eigenvalue weighted by atomic mass is 10.1. The molecule has 0 fully saturated rings. The van der Waals surface area contributed by atoms with Crippen LogP contribution in [-0.2, 0) is 11.3 Å². The number of aromatic hydroxyl groups is 1. The summed E-state index contributed by atoms with van der Waals surface area (Å²) in [5.74, 6) is 0.687. The van der Waals surface area contributed by atoms with Gasteiger partial charge in [-0.1, -0.05) is 24.3 Å². The molecule has 0 bridgehead atoms. The van der Waals surface area contributed by atoms with Crippen molar-refractivity contribution in [1.82, 2.24) is 10.2 Å². The number of phenols is 1. The zero-order chi connectivity index (χ0) is 22.7. The van der Waals surface area contributed by atoms with Gasteiger partial charge in [0.1, 0.15) is 11.3 Å². The van der Waals surface area contributed by atoms with E-state index < -0.39 is 5.97 Å². The molecule has 4 rings (SSSR count). The number of nitrogens with zero attached hydrogens (tertiary/aromatic N) is 2. The average Bonchev–Trinajstić information content (AvgIpc) is 3.30. The Morgan fingerprint density at radius 2 is 1.59 bits per heavy atom. The van der Waals surface area contributed by atoms with Crippen LogP contribution in [0.4, 0.5) is 0 Å². The number of rotatable bonds is 7. The average molecular weight is 436 g/mol. The maximum atomic E-state index is 12.5. The fraction of sp³-hybridized carbons (Fsp3) is 0.174. The summed E-state index contributed by atoms with van der Waals surface area (Å²) in [7, 11) is 4.51. The summed E-state index contributed by atoms with van der Waals surface area (Å²) in [6.45, 7) is -0.261. The summed E-state index contributed by atoms with van der Waals surface area (Å²) >= 11 is 0. The molecule has 32 heavy (non-hydrogen) atoms. The van der Waals surface area contributed by atoms with E-state index in [1.54, 1.807) is 18.2 Å². The summed E-state index contributed by atoms with van der Waals surface area (Å²) in [6.07, 6.45) is 0. The minimum absolute atomic E-state index is 0.0491. The number of ether oxygens (including phenoxy) is 4. The predicted octanol–water partition coefficient (Wildman–Crippen LogP) is 3.98. The van der Waals surface area contributed by atoms with Crippen LogP contribution < -0.4 is 14.2 Å².